The maximum atomic E-state index is 13.5. The SMILES string of the molecule is CCCCC(C)(F)C(=O)CP(=O)(O)O. The van der Waals surface area contributed by atoms with Crippen molar-refractivity contribution in [1.29, 1.82) is 0 Å². The largest absolute Gasteiger partial charge is 0.333 e. The fourth-order valence-electron chi connectivity index (χ4n) is 1.00. The molecule has 1 unspecified atom stereocenters. The molecule has 0 fully saturated rings. The van der Waals surface area contributed by atoms with E-state index in [1.165, 1.54) is 0 Å². The van der Waals surface area contributed by atoms with Gasteiger partial charge in [-0.15, -0.1) is 0 Å². The zero-order valence-corrected chi connectivity index (χ0v) is 9.26. The second-order valence-electron chi connectivity index (χ2n) is 3.55. The Bertz CT molecular complexity index is 246. The highest BCUT2D eigenvalue weighted by Crippen LogP contribution is 2.36. The first-order chi connectivity index (χ1) is 6.19. The van der Waals surface area contributed by atoms with Crippen LogP contribution < -0.4 is 0 Å². The number of carbonyl (C=O) groups is 1. The van der Waals surface area contributed by atoms with Gasteiger partial charge in [-0.25, -0.2) is 4.39 Å². The van der Waals surface area contributed by atoms with E-state index in [1.54, 1.807) is 0 Å². The Kier molecular flexibility index (Phi) is 4.92. The lowest BCUT2D eigenvalue weighted by atomic mass is 9.97. The standard InChI is InChI=1S/C8H16FO4P/c1-3-4-5-8(2,9)7(10)6-14(11,12)13/h3-6H2,1-2H3,(H2,11,12,13). The molecule has 1 atom stereocenters. The number of rotatable bonds is 6. The Morgan fingerprint density at radius 2 is 2.00 bits per heavy atom. The summed E-state index contributed by atoms with van der Waals surface area (Å²) in [6, 6.07) is 0. The third kappa shape index (κ3) is 5.47. The average Bonchev–Trinajstić information content (AvgIpc) is 1.97. The molecule has 0 aromatic heterocycles. The van der Waals surface area contributed by atoms with Crippen molar-refractivity contribution in [2.75, 3.05) is 6.16 Å². The highest BCUT2D eigenvalue weighted by Gasteiger charge is 2.35. The molecule has 0 aromatic carbocycles. The summed E-state index contributed by atoms with van der Waals surface area (Å²) in [5.74, 6) is -1.01. The van der Waals surface area contributed by atoms with Gasteiger partial charge in [0.05, 0.1) is 0 Å². The fourth-order valence-corrected chi connectivity index (χ4v) is 1.70. The Morgan fingerprint density at radius 3 is 2.36 bits per heavy atom. The molecule has 0 spiro atoms. The smallest absolute Gasteiger partial charge is 0.324 e. The molecule has 0 rings (SSSR count). The van der Waals surface area contributed by atoms with E-state index in [2.05, 4.69) is 0 Å². The number of hydrogen-bond donors (Lipinski definition) is 2. The number of ketones is 1. The van der Waals surface area contributed by atoms with Crippen molar-refractivity contribution in [2.45, 2.75) is 38.8 Å². The molecule has 0 aliphatic rings. The third-order valence-corrected chi connectivity index (χ3v) is 2.63. The first kappa shape index (κ1) is 13.8. The fraction of sp³-hybridized carbons (Fsp3) is 0.875. The van der Waals surface area contributed by atoms with Crippen molar-refractivity contribution >= 4 is 13.4 Å². The molecule has 2 N–H and O–H groups in total. The van der Waals surface area contributed by atoms with Gasteiger partial charge in [0.2, 0.25) is 0 Å². The van der Waals surface area contributed by atoms with Crippen molar-refractivity contribution in [3.8, 4) is 0 Å². The molecule has 0 aliphatic heterocycles. The summed E-state index contributed by atoms with van der Waals surface area (Å²) in [5, 5.41) is 0. The van der Waals surface area contributed by atoms with E-state index in [0.29, 0.717) is 6.42 Å². The van der Waals surface area contributed by atoms with Gasteiger partial charge in [0.15, 0.2) is 11.5 Å². The maximum absolute atomic E-state index is 13.5. The second-order valence-corrected chi connectivity index (χ2v) is 5.19. The first-order valence-electron chi connectivity index (χ1n) is 4.46. The molecule has 84 valence electrons. The van der Waals surface area contributed by atoms with E-state index >= 15 is 0 Å². The molecule has 0 amide bonds. The van der Waals surface area contributed by atoms with Gasteiger partial charge < -0.3 is 9.79 Å². The zero-order valence-electron chi connectivity index (χ0n) is 8.36. The monoisotopic (exact) mass is 226 g/mol. The van der Waals surface area contributed by atoms with Crippen molar-refractivity contribution in [2.24, 2.45) is 0 Å². The predicted octanol–water partition coefficient (Wildman–Crippen LogP) is 1.65. The van der Waals surface area contributed by atoms with Crippen molar-refractivity contribution in [3.63, 3.8) is 0 Å². The van der Waals surface area contributed by atoms with E-state index in [4.69, 9.17) is 9.79 Å². The van der Waals surface area contributed by atoms with Gasteiger partial charge in [0.1, 0.15) is 6.16 Å². The lowest BCUT2D eigenvalue weighted by Gasteiger charge is -2.18. The van der Waals surface area contributed by atoms with Crippen molar-refractivity contribution < 1.29 is 23.5 Å². The highest BCUT2D eigenvalue weighted by atomic mass is 31.2. The molecule has 0 heterocycles. The molecule has 0 bridgehead atoms. The number of hydrogen-bond acceptors (Lipinski definition) is 2. The van der Waals surface area contributed by atoms with Crippen LogP contribution in [0.5, 0.6) is 0 Å². The zero-order chi connectivity index (χ0) is 11.4. The maximum Gasteiger partial charge on any atom is 0.333 e. The van der Waals surface area contributed by atoms with Crippen LogP contribution in [0, 0.1) is 0 Å². The number of Topliss-reactive ketones (excluding diaryl/α,β-unsaturated/α-hetero) is 1. The van der Waals surface area contributed by atoms with Gasteiger partial charge in [-0.3, -0.25) is 9.36 Å². The molecule has 0 saturated carbocycles. The lowest BCUT2D eigenvalue weighted by Crippen LogP contribution is -2.32. The molecule has 14 heavy (non-hydrogen) atoms. The number of unbranched alkanes of at least 4 members (excludes halogenated alkanes) is 1. The van der Waals surface area contributed by atoms with Gasteiger partial charge in [0.25, 0.3) is 0 Å². The number of halogens is 1. The molecular formula is C8H16FO4P. The summed E-state index contributed by atoms with van der Waals surface area (Å²) in [7, 11) is -4.44. The highest BCUT2D eigenvalue weighted by molar-refractivity contribution is 7.52. The summed E-state index contributed by atoms with van der Waals surface area (Å²) < 4.78 is 24.0. The van der Waals surface area contributed by atoms with Gasteiger partial charge in [-0.1, -0.05) is 19.8 Å². The summed E-state index contributed by atoms with van der Waals surface area (Å²) in [6.45, 7) is 2.92. The second kappa shape index (κ2) is 5.01. The molecule has 0 saturated heterocycles. The summed E-state index contributed by atoms with van der Waals surface area (Å²) in [6.07, 6.45) is 0.272. The number of alkyl halides is 1. The van der Waals surface area contributed by atoms with Crippen LogP contribution in [0.1, 0.15) is 33.1 Å². The van der Waals surface area contributed by atoms with E-state index in [0.717, 1.165) is 13.3 Å². The summed E-state index contributed by atoms with van der Waals surface area (Å²) in [4.78, 5) is 28.1. The van der Waals surface area contributed by atoms with E-state index in [9.17, 15) is 13.8 Å². The topological polar surface area (TPSA) is 74.6 Å². The minimum absolute atomic E-state index is 0.0162. The molecular weight excluding hydrogens is 210 g/mol. The van der Waals surface area contributed by atoms with Crippen LogP contribution in [-0.4, -0.2) is 27.4 Å². The van der Waals surface area contributed by atoms with Crippen LogP contribution >= 0.6 is 7.60 Å². The lowest BCUT2D eigenvalue weighted by molar-refractivity contribution is -0.127. The minimum Gasteiger partial charge on any atom is -0.324 e. The van der Waals surface area contributed by atoms with E-state index in [-0.39, 0.29) is 6.42 Å². The van der Waals surface area contributed by atoms with Crippen LogP contribution in [0.15, 0.2) is 0 Å². The van der Waals surface area contributed by atoms with Crippen LogP contribution in [-0.2, 0) is 9.36 Å². The van der Waals surface area contributed by atoms with E-state index in [1.807, 2.05) is 6.92 Å². The third-order valence-electron chi connectivity index (χ3n) is 1.93. The van der Waals surface area contributed by atoms with E-state index < -0.39 is 25.2 Å². The Balaban J connectivity index is 4.28. The van der Waals surface area contributed by atoms with Gasteiger partial charge >= 0.3 is 7.60 Å². The Morgan fingerprint density at radius 1 is 1.50 bits per heavy atom. The molecule has 0 aromatic rings. The first-order valence-corrected chi connectivity index (χ1v) is 6.25. The Hall–Kier alpha value is -0.250. The van der Waals surface area contributed by atoms with Crippen LogP contribution in [0.3, 0.4) is 0 Å². The molecule has 6 heteroatoms. The number of carbonyl (C=O) groups excluding carboxylic acids is 1. The van der Waals surface area contributed by atoms with Crippen LogP contribution in [0.25, 0.3) is 0 Å². The van der Waals surface area contributed by atoms with Crippen molar-refractivity contribution in [1.82, 2.24) is 0 Å². The quantitative estimate of drug-likeness (QED) is 0.675. The molecule has 0 aliphatic carbocycles. The van der Waals surface area contributed by atoms with Crippen LogP contribution in [0.4, 0.5) is 4.39 Å². The van der Waals surface area contributed by atoms with Gasteiger partial charge in [-0.05, 0) is 13.3 Å². The molecule has 0 radical (unpaired) electrons. The average molecular weight is 226 g/mol. The predicted molar refractivity (Wildman–Crippen MR) is 51.0 cm³/mol. The van der Waals surface area contributed by atoms with Crippen molar-refractivity contribution in [3.05, 3.63) is 0 Å². The van der Waals surface area contributed by atoms with Gasteiger partial charge in [0, 0.05) is 0 Å². The normalized spacial score (nSPS) is 16.4. The summed E-state index contributed by atoms with van der Waals surface area (Å²) >= 11 is 0. The Labute approximate surface area is 82.7 Å². The summed E-state index contributed by atoms with van der Waals surface area (Å²) in [5.41, 5.74) is -2.11. The van der Waals surface area contributed by atoms with Crippen LogP contribution in [0.2, 0.25) is 0 Å². The van der Waals surface area contributed by atoms with Gasteiger partial charge in [-0.2, -0.15) is 0 Å². The minimum atomic E-state index is -4.44. The molecule has 4 nitrogen and oxygen atoms in total.